The van der Waals surface area contributed by atoms with E-state index in [4.69, 9.17) is 4.74 Å². The summed E-state index contributed by atoms with van der Waals surface area (Å²) in [4.78, 5) is 19.6. The second-order valence-electron chi connectivity index (χ2n) is 10.8. The first-order chi connectivity index (χ1) is 17.2. The molecule has 1 aromatic heterocycles. The average molecular weight is 505 g/mol. The Morgan fingerprint density at radius 2 is 2.03 bits per heavy atom. The maximum absolute atomic E-state index is 13.7. The Labute approximate surface area is 207 Å². The maximum atomic E-state index is 13.7. The van der Waals surface area contributed by atoms with Gasteiger partial charge in [-0.2, -0.15) is 13.2 Å². The van der Waals surface area contributed by atoms with Crippen LogP contribution in [0.25, 0.3) is 0 Å². The van der Waals surface area contributed by atoms with E-state index in [0.29, 0.717) is 51.4 Å². The molecule has 2 N–H and O–H groups in total. The summed E-state index contributed by atoms with van der Waals surface area (Å²) in [7, 11) is 0. The van der Waals surface area contributed by atoms with Crippen LogP contribution in [0.1, 0.15) is 52.6 Å². The topological polar surface area (TPSA) is 79.6 Å². The lowest BCUT2D eigenvalue weighted by Crippen LogP contribution is -2.65. The van der Waals surface area contributed by atoms with Gasteiger partial charge in [0.15, 0.2) is 0 Å². The van der Waals surface area contributed by atoms with Gasteiger partial charge in [-0.15, -0.1) is 0 Å². The van der Waals surface area contributed by atoms with E-state index in [0.717, 1.165) is 0 Å². The number of benzene rings is 1. The zero-order chi connectivity index (χ0) is 25.1. The predicted molar refractivity (Wildman–Crippen MR) is 124 cm³/mol. The number of carbonyl (C=O) groups is 1. The van der Waals surface area contributed by atoms with Gasteiger partial charge in [-0.25, -0.2) is 4.98 Å². The van der Waals surface area contributed by atoms with E-state index in [2.05, 4.69) is 22.4 Å². The number of carbonyl (C=O) groups excluding carboxylic acids is 1. The lowest BCUT2D eigenvalue weighted by molar-refractivity contribution is -0.185. The SMILES string of the molecule is O=C(c1cn2c(n1)C(C1CCOC1)CC(C(F)(F)F)C2)N1CC[C@]2(Cc3ccccc3CN2)[C@H](O)C1. The Hall–Kier alpha value is -2.43. The molecule has 1 amide bonds. The smallest absolute Gasteiger partial charge is 0.389 e. The number of fused-ring (bicyclic) bond motifs is 2. The van der Waals surface area contributed by atoms with Crippen LogP contribution in [0, 0.1) is 11.8 Å². The molecule has 194 valence electrons. The number of likely N-dealkylation sites (tertiary alicyclic amines) is 1. The molecule has 6 rings (SSSR count). The number of rotatable bonds is 2. The van der Waals surface area contributed by atoms with Gasteiger partial charge in [-0.3, -0.25) is 4.79 Å². The van der Waals surface area contributed by atoms with Crippen molar-refractivity contribution in [3.63, 3.8) is 0 Å². The molecule has 5 atom stereocenters. The van der Waals surface area contributed by atoms with Crippen LogP contribution in [-0.2, 0) is 24.2 Å². The number of piperidine rings is 1. The van der Waals surface area contributed by atoms with Gasteiger partial charge >= 0.3 is 6.18 Å². The zero-order valence-corrected chi connectivity index (χ0v) is 20.0. The Kier molecular flexibility index (Phi) is 5.88. The third-order valence-corrected chi connectivity index (χ3v) is 8.71. The molecule has 4 aliphatic heterocycles. The largest absolute Gasteiger partial charge is 0.393 e. The van der Waals surface area contributed by atoms with Crippen LogP contribution >= 0.6 is 0 Å². The predicted octanol–water partition coefficient (Wildman–Crippen LogP) is 2.88. The van der Waals surface area contributed by atoms with E-state index in [1.165, 1.54) is 21.9 Å². The Bertz CT molecular complexity index is 1150. The zero-order valence-electron chi connectivity index (χ0n) is 20.0. The Morgan fingerprint density at radius 3 is 2.75 bits per heavy atom. The number of imidazole rings is 1. The molecule has 3 unspecified atom stereocenters. The highest BCUT2D eigenvalue weighted by Crippen LogP contribution is 2.44. The van der Waals surface area contributed by atoms with Gasteiger partial charge in [-0.1, -0.05) is 24.3 Å². The highest BCUT2D eigenvalue weighted by atomic mass is 19.4. The summed E-state index contributed by atoms with van der Waals surface area (Å²) >= 11 is 0. The first kappa shape index (κ1) is 23.9. The number of aliphatic hydroxyl groups is 1. The number of nitrogens with one attached hydrogen (secondary N) is 1. The summed E-state index contributed by atoms with van der Waals surface area (Å²) in [6.45, 7) is 2.00. The fraction of sp³-hybridized carbons (Fsp3) is 0.615. The number of nitrogens with zero attached hydrogens (tertiary/aromatic N) is 3. The van der Waals surface area contributed by atoms with Crippen molar-refractivity contribution >= 4 is 5.91 Å². The second-order valence-corrected chi connectivity index (χ2v) is 10.8. The normalized spacial score (nSPS) is 32.4. The van der Waals surface area contributed by atoms with Gasteiger partial charge < -0.3 is 24.6 Å². The van der Waals surface area contributed by atoms with Crippen LogP contribution < -0.4 is 5.32 Å². The van der Waals surface area contributed by atoms with Crippen molar-refractivity contribution in [3.8, 4) is 0 Å². The minimum Gasteiger partial charge on any atom is -0.389 e. The lowest BCUT2D eigenvalue weighted by Gasteiger charge is -2.48. The maximum Gasteiger partial charge on any atom is 0.393 e. The van der Waals surface area contributed by atoms with E-state index >= 15 is 0 Å². The van der Waals surface area contributed by atoms with Crippen LogP contribution in [0.5, 0.6) is 0 Å². The fourth-order valence-corrected chi connectivity index (χ4v) is 6.52. The molecule has 2 aromatic rings. The van der Waals surface area contributed by atoms with Gasteiger partial charge in [0.25, 0.3) is 5.91 Å². The molecule has 1 aromatic carbocycles. The molecule has 0 radical (unpaired) electrons. The summed E-state index contributed by atoms with van der Waals surface area (Å²) in [5.41, 5.74) is 2.09. The number of amides is 1. The number of alkyl halides is 3. The van der Waals surface area contributed by atoms with Crippen molar-refractivity contribution in [1.82, 2.24) is 19.8 Å². The number of aliphatic hydroxyl groups excluding tert-OH is 1. The molecule has 1 spiro atoms. The van der Waals surface area contributed by atoms with Crippen LogP contribution in [0.3, 0.4) is 0 Å². The van der Waals surface area contributed by atoms with E-state index in [1.807, 2.05) is 12.1 Å². The first-order valence-corrected chi connectivity index (χ1v) is 12.7. The molecule has 7 nitrogen and oxygen atoms in total. The Balaban J connectivity index is 1.21. The summed E-state index contributed by atoms with van der Waals surface area (Å²) < 4.78 is 48.0. The first-order valence-electron chi connectivity index (χ1n) is 12.7. The van der Waals surface area contributed by atoms with Gasteiger partial charge in [0.1, 0.15) is 11.5 Å². The third kappa shape index (κ3) is 4.13. The van der Waals surface area contributed by atoms with Gasteiger partial charge in [0, 0.05) is 44.9 Å². The quantitative estimate of drug-likeness (QED) is 0.658. The molecule has 0 saturated carbocycles. The van der Waals surface area contributed by atoms with E-state index in [-0.39, 0.29) is 37.0 Å². The highest BCUT2D eigenvalue weighted by Gasteiger charge is 2.48. The van der Waals surface area contributed by atoms with Crippen molar-refractivity contribution in [2.75, 3.05) is 26.3 Å². The van der Waals surface area contributed by atoms with Crippen LogP contribution in [0.4, 0.5) is 13.2 Å². The lowest BCUT2D eigenvalue weighted by atomic mass is 9.76. The average Bonchev–Trinajstić information content (AvgIpc) is 3.54. The molecular formula is C26H31F3N4O3. The molecule has 10 heteroatoms. The number of halogens is 3. The van der Waals surface area contributed by atoms with E-state index in [9.17, 15) is 23.1 Å². The van der Waals surface area contributed by atoms with E-state index < -0.39 is 29.7 Å². The summed E-state index contributed by atoms with van der Waals surface area (Å²) in [5, 5.41) is 14.6. The molecule has 2 saturated heterocycles. The van der Waals surface area contributed by atoms with Crippen molar-refractivity contribution < 1.29 is 27.8 Å². The number of ether oxygens (including phenoxy) is 1. The number of hydrogen-bond donors (Lipinski definition) is 2. The number of β-amino-alcohol motifs (C(OH)–C–C–N with tert-alkyl or cyclic N) is 1. The van der Waals surface area contributed by atoms with Crippen LogP contribution in [0.15, 0.2) is 30.5 Å². The summed E-state index contributed by atoms with van der Waals surface area (Å²) in [6.07, 6.45) is -1.65. The summed E-state index contributed by atoms with van der Waals surface area (Å²) in [6, 6.07) is 8.16. The van der Waals surface area contributed by atoms with Crippen molar-refractivity contribution in [3.05, 3.63) is 53.1 Å². The molecule has 36 heavy (non-hydrogen) atoms. The van der Waals surface area contributed by atoms with Gasteiger partial charge in [-0.05, 0) is 42.7 Å². The highest BCUT2D eigenvalue weighted by molar-refractivity contribution is 5.92. The molecular weight excluding hydrogens is 473 g/mol. The minimum absolute atomic E-state index is 0.0275. The van der Waals surface area contributed by atoms with Gasteiger partial charge in [0.2, 0.25) is 0 Å². The molecule has 0 aliphatic carbocycles. The molecule has 0 bridgehead atoms. The monoisotopic (exact) mass is 504 g/mol. The van der Waals surface area contributed by atoms with Gasteiger partial charge in [0.05, 0.1) is 24.2 Å². The molecule has 2 fully saturated rings. The van der Waals surface area contributed by atoms with Crippen molar-refractivity contribution in [2.24, 2.45) is 11.8 Å². The number of hydrogen-bond acceptors (Lipinski definition) is 5. The van der Waals surface area contributed by atoms with Crippen LogP contribution in [0.2, 0.25) is 0 Å². The third-order valence-electron chi connectivity index (χ3n) is 8.71. The fourth-order valence-electron chi connectivity index (χ4n) is 6.52. The molecule has 4 aliphatic rings. The standard InChI is InChI=1S/C26H31F3N4O3/c27-26(28,29)19-9-20(18-5-8-36-15-18)23-31-21(13-33(23)12-19)24(35)32-7-6-25(22(34)14-32)10-16-3-1-2-4-17(16)11-30-25/h1-4,13,18-20,22,30,34H,5-12,14-15H2/t18?,19?,20?,22-,25+/m1/s1. The van der Waals surface area contributed by atoms with E-state index in [1.54, 1.807) is 4.90 Å². The van der Waals surface area contributed by atoms with Crippen molar-refractivity contribution in [1.29, 1.82) is 0 Å². The molecule has 5 heterocycles. The summed E-state index contributed by atoms with van der Waals surface area (Å²) in [5.74, 6) is -1.68. The van der Waals surface area contributed by atoms with Crippen molar-refractivity contribution in [2.45, 2.75) is 62.5 Å². The number of aromatic nitrogens is 2. The Morgan fingerprint density at radius 1 is 1.22 bits per heavy atom. The second kappa shape index (κ2) is 8.85. The van der Waals surface area contributed by atoms with Crippen LogP contribution in [-0.4, -0.2) is 69.6 Å². The minimum atomic E-state index is -4.30.